The number of anilines is 6. The zero-order chi connectivity index (χ0) is 42.0. The largest absolute Gasteiger partial charge is 0.310 e. The molecule has 0 N–H and O–H groups in total. The predicted octanol–water partition coefficient (Wildman–Crippen LogP) is 16.3. The fraction of sp³-hybridized carbons (Fsp3) is 0.119. The molecule has 0 fully saturated rings. The molecule has 0 aliphatic carbocycles. The maximum absolute atomic E-state index is 2.42. The molecule has 0 amide bonds. The third-order valence-corrected chi connectivity index (χ3v) is 11.5. The molecule has 2 nitrogen and oxygen atoms in total. The molecule has 0 aliphatic rings. The van der Waals surface area contributed by atoms with E-state index in [2.05, 4.69) is 256 Å². The zero-order valence-corrected chi connectivity index (χ0v) is 35.8. The van der Waals surface area contributed by atoms with Gasteiger partial charge >= 0.3 is 0 Å². The maximum atomic E-state index is 2.42. The zero-order valence-electron chi connectivity index (χ0n) is 35.8. The highest BCUT2D eigenvalue weighted by atomic mass is 15.2. The van der Waals surface area contributed by atoms with E-state index >= 15 is 0 Å². The summed E-state index contributed by atoms with van der Waals surface area (Å²) in [5.74, 6) is 0. The summed E-state index contributed by atoms with van der Waals surface area (Å²) < 4.78 is 0. The van der Waals surface area contributed by atoms with Crippen LogP contribution in [0.25, 0.3) is 24.3 Å². The van der Waals surface area contributed by atoms with Crippen molar-refractivity contribution in [2.45, 2.75) is 47.0 Å². The summed E-state index contributed by atoms with van der Waals surface area (Å²) in [6.07, 6.45) is 11.5. The van der Waals surface area contributed by atoms with Crippen molar-refractivity contribution in [3.05, 3.63) is 250 Å². The summed E-state index contributed by atoms with van der Waals surface area (Å²) >= 11 is 0. The highest BCUT2D eigenvalue weighted by molar-refractivity contribution is 5.83. The molecule has 61 heavy (non-hydrogen) atoms. The molecule has 300 valence electrons. The second kappa shape index (κ2) is 19.3. The Balaban J connectivity index is 1.05. The van der Waals surface area contributed by atoms with Crippen LogP contribution < -0.4 is 9.80 Å². The first kappa shape index (κ1) is 40.6. The monoisotopic (exact) mass is 790 g/mol. The van der Waals surface area contributed by atoms with Gasteiger partial charge in [0.1, 0.15) is 0 Å². The molecule has 0 aliphatic heterocycles. The Morgan fingerprint density at radius 2 is 0.639 bits per heavy atom. The highest BCUT2D eigenvalue weighted by Crippen LogP contribution is 2.41. The molecule has 8 aromatic carbocycles. The molecule has 0 atom stereocenters. The molecule has 2 heteroatoms. The third kappa shape index (κ3) is 9.67. The van der Waals surface area contributed by atoms with Crippen molar-refractivity contribution in [3.8, 4) is 0 Å². The summed E-state index contributed by atoms with van der Waals surface area (Å²) in [6, 6.07) is 70.3. The normalized spacial score (nSPS) is 11.3. The summed E-state index contributed by atoms with van der Waals surface area (Å²) in [5.41, 5.74) is 19.6. The Morgan fingerprint density at radius 1 is 0.328 bits per heavy atom. The van der Waals surface area contributed by atoms with Crippen molar-refractivity contribution in [1.82, 2.24) is 0 Å². The summed E-state index contributed by atoms with van der Waals surface area (Å²) in [7, 11) is 0. The minimum atomic E-state index is 0.848. The van der Waals surface area contributed by atoms with Crippen LogP contribution in [0.1, 0.15) is 69.5 Å². The molecule has 0 aromatic heterocycles. The Bertz CT molecular complexity index is 2520. The van der Waals surface area contributed by atoms with Gasteiger partial charge in [0, 0.05) is 22.7 Å². The lowest BCUT2D eigenvalue weighted by atomic mass is 10.0. The van der Waals surface area contributed by atoms with Gasteiger partial charge in [-0.1, -0.05) is 184 Å². The van der Waals surface area contributed by atoms with E-state index in [0.29, 0.717) is 0 Å². The molecule has 0 unspecified atom stereocenters. The van der Waals surface area contributed by atoms with Crippen molar-refractivity contribution in [1.29, 1.82) is 0 Å². The molecule has 8 rings (SSSR count). The third-order valence-electron chi connectivity index (χ3n) is 11.5. The number of para-hydroxylation sites is 2. The molecule has 0 radical (unpaired) electrons. The molecule has 0 bridgehead atoms. The highest BCUT2D eigenvalue weighted by Gasteiger charge is 2.19. The number of hydrogen-bond acceptors (Lipinski definition) is 2. The Morgan fingerprint density at radius 3 is 0.967 bits per heavy atom. The molecule has 8 aromatic rings. The average Bonchev–Trinajstić information content (AvgIpc) is 3.31. The molecular weight excluding hydrogens is 737 g/mol. The number of nitrogens with zero attached hydrogens (tertiary/aromatic N) is 2. The quantitative estimate of drug-likeness (QED) is 0.101. The second-order valence-electron chi connectivity index (χ2n) is 15.7. The van der Waals surface area contributed by atoms with Crippen LogP contribution in [-0.4, -0.2) is 0 Å². The minimum Gasteiger partial charge on any atom is -0.310 e. The van der Waals surface area contributed by atoms with Crippen molar-refractivity contribution in [2.75, 3.05) is 9.80 Å². The summed E-state index contributed by atoms with van der Waals surface area (Å²) in [6.45, 7) is 8.93. The first-order valence-electron chi connectivity index (χ1n) is 21.6. The standard InChI is InChI=1S/C59H54N2/c1-5-52-21-13-15-44(3)58(52)60(54-35-27-48(28-36-54)25-23-46-17-9-7-10-18-46)56-39-31-50(32-40-56)43-51-33-41-57(42-34-51)61(59-45(4)16-14-22-53(59)6-2)55-37-29-49(30-38-55)26-24-47-19-11-8-12-20-47/h7-42H,5-6,43H2,1-4H3. The number of aryl methyl sites for hydroxylation is 4. The van der Waals surface area contributed by atoms with Gasteiger partial charge in [-0.3, -0.25) is 0 Å². The smallest absolute Gasteiger partial charge is 0.0522 e. The molecule has 0 saturated heterocycles. The van der Waals surface area contributed by atoms with Crippen LogP contribution in [0.15, 0.2) is 194 Å². The van der Waals surface area contributed by atoms with E-state index < -0.39 is 0 Å². The van der Waals surface area contributed by atoms with Crippen molar-refractivity contribution in [2.24, 2.45) is 0 Å². The lowest BCUT2D eigenvalue weighted by Crippen LogP contribution is -2.14. The second-order valence-corrected chi connectivity index (χ2v) is 15.7. The molecule has 0 spiro atoms. The van der Waals surface area contributed by atoms with E-state index in [-0.39, 0.29) is 0 Å². The fourth-order valence-electron chi connectivity index (χ4n) is 8.21. The number of hydrogen-bond donors (Lipinski definition) is 0. The molecular formula is C59H54N2. The first-order valence-corrected chi connectivity index (χ1v) is 21.6. The Hall–Kier alpha value is -7.16. The van der Waals surface area contributed by atoms with Gasteiger partial charge in [0.05, 0.1) is 11.4 Å². The van der Waals surface area contributed by atoms with Crippen LogP contribution in [0.4, 0.5) is 34.1 Å². The molecule has 0 saturated carbocycles. The van der Waals surface area contributed by atoms with Crippen LogP contribution >= 0.6 is 0 Å². The Kier molecular flexibility index (Phi) is 12.8. The van der Waals surface area contributed by atoms with Gasteiger partial charge in [-0.25, -0.2) is 0 Å². The van der Waals surface area contributed by atoms with Gasteiger partial charge in [-0.2, -0.15) is 0 Å². The van der Waals surface area contributed by atoms with E-state index in [4.69, 9.17) is 0 Å². The first-order chi connectivity index (χ1) is 30.0. The van der Waals surface area contributed by atoms with Gasteiger partial charge in [-0.05, 0) is 137 Å². The lowest BCUT2D eigenvalue weighted by Gasteiger charge is -2.29. The Labute approximate surface area is 363 Å². The summed E-state index contributed by atoms with van der Waals surface area (Å²) in [5, 5.41) is 0. The van der Waals surface area contributed by atoms with Gasteiger partial charge in [0.2, 0.25) is 0 Å². The van der Waals surface area contributed by atoms with Crippen LogP contribution in [0.5, 0.6) is 0 Å². The molecule has 0 heterocycles. The maximum Gasteiger partial charge on any atom is 0.0522 e. The van der Waals surface area contributed by atoms with Crippen molar-refractivity contribution in [3.63, 3.8) is 0 Å². The minimum absolute atomic E-state index is 0.848. The topological polar surface area (TPSA) is 6.48 Å². The van der Waals surface area contributed by atoms with Gasteiger partial charge in [0.15, 0.2) is 0 Å². The van der Waals surface area contributed by atoms with Crippen molar-refractivity contribution < 1.29 is 0 Å². The summed E-state index contributed by atoms with van der Waals surface area (Å²) in [4.78, 5) is 4.85. The van der Waals surface area contributed by atoms with Gasteiger partial charge in [0.25, 0.3) is 0 Å². The van der Waals surface area contributed by atoms with E-state index in [1.807, 2.05) is 0 Å². The number of benzene rings is 8. The van der Waals surface area contributed by atoms with E-state index in [1.165, 1.54) is 67.0 Å². The average molecular weight is 791 g/mol. The van der Waals surface area contributed by atoms with Crippen molar-refractivity contribution >= 4 is 58.4 Å². The van der Waals surface area contributed by atoms with Crippen LogP contribution in [0.2, 0.25) is 0 Å². The van der Waals surface area contributed by atoms with E-state index in [9.17, 15) is 0 Å². The van der Waals surface area contributed by atoms with Crippen LogP contribution in [0, 0.1) is 13.8 Å². The lowest BCUT2D eigenvalue weighted by molar-refractivity contribution is 1.10. The van der Waals surface area contributed by atoms with Gasteiger partial charge < -0.3 is 9.80 Å². The SMILES string of the molecule is CCc1cccc(C)c1N(c1ccc(C=Cc2ccccc2)cc1)c1ccc(Cc2ccc(N(c3ccc(C=Cc4ccccc4)cc3)c3c(C)cccc3CC)cc2)cc1. The van der Waals surface area contributed by atoms with Gasteiger partial charge in [-0.15, -0.1) is 0 Å². The van der Waals surface area contributed by atoms with E-state index in [1.54, 1.807) is 0 Å². The predicted molar refractivity (Wildman–Crippen MR) is 264 cm³/mol. The van der Waals surface area contributed by atoms with Crippen LogP contribution in [0.3, 0.4) is 0 Å². The van der Waals surface area contributed by atoms with Crippen LogP contribution in [-0.2, 0) is 19.3 Å². The fourth-order valence-corrected chi connectivity index (χ4v) is 8.21. The number of rotatable bonds is 14. The van der Waals surface area contributed by atoms with E-state index in [0.717, 1.165) is 42.0 Å².